The number of hydrogen-bond donors (Lipinski definition) is 0. The maximum atomic E-state index is 5.97. The molecule has 6 aromatic carbocycles. The van der Waals surface area contributed by atoms with E-state index in [1.54, 1.807) is 12.4 Å². The van der Waals surface area contributed by atoms with Crippen LogP contribution in [-0.2, 0) is 20.1 Å². The molecule has 10 rings (SSSR count). The first-order valence-electron chi connectivity index (χ1n) is 17.1. The Morgan fingerprint density at radius 2 is 1.19 bits per heavy atom. The van der Waals surface area contributed by atoms with Gasteiger partial charge in [0.1, 0.15) is 5.58 Å². The van der Waals surface area contributed by atoms with Gasteiger partial charge in [0.05, 0.1) is 5.58 Å². The van der Waals surface area contributed by atoms with Crippen LogP contribution in [0.2, 0.25) is 0 Å². The number of nitrogens with zero attached hydrogens (tertiary/aromatic N) is 3. The Kier molecular flexibility index (Phi) is 10.9. The van der Waals surface area contributed by atoms with Crippen molar-refractivity contribution in [2.75, 3.05) is 0 Å². The van der Waals surface area contributed by atoms with Crippen molar-refractivity contribution in [1.29, 1.82) is 0 Å². The molecule has 0 atom stereocenters. The molecule has 5 heteroatoms. The third kappa shape index (κ3) is 7.68. The van der Waals surface area contributed by atoms with Gasteiger partial charge in [0.2, 0.25) is 0 Å². The fourth-order valence-electron chi connectivity index (χ4n) is 6.34. The first kappa shape index (κ1) is 35.2. The topological polar surface area (TPSA) is 51.8 Å². The summed E-state index contributed by atoms with van der Waals surface area (Å²) in [5.41, 5.74) is 8.83. The van der Waals surface area contributed by atoms with Gasteiger partial charge in [0.25, 0.3) is 0 Å². The quantitative estimate of drug-likeness (QED) is 0.131. The van der Waals surface area contributed by atoms with Crippen molar-refractivity contribution in [3.63, 3.8) is 0 Å². The maximum Gasteiger partial charge on any atom is 3.00 e. The van der Waals surface area contributed by atoms with Crippen LogP contribution in [-0.4, -0.2) is 15.0 Å². The predicted octanol–water partition coefficient (Wildman–Crippen LogP) is 12.2. The van der Waals surface area contributed by atoms with E-state index >= 15 is 0 Å². The van der Waals surface area contributed by atoms with Crippen molar-refractivity contribution >= 4 is 43.5 Å². The fraction of sp³-hybridized carbons (Fsp3) is 0.0208. The SMILES string of the molecule is Cc1cc[c-]c(-c2nccc3c2ccc2ccccc23)c1.[Ir+3].[c-]1ccc2c(oc3ccccc32)c1-c1ccccn1.[c-]1ccccc1-c1ccccn1. The zero-order chi connectivity index (χ0) is 35.1. The number of benzene rings is 6. The molecule has 0 aliphatic heterocycles. The van der Waals surface area contributed by atoms with Crippen LogP contribution in [0.4, 0.5) is 0 Å². The van der Waals surface area contributed by atoms with Crippen LogP contribution < -0.4 is 0 Å². The van der Waals surface area contributed by atoms with Crippen LogP contribution in [0.1, 0.15) is 5.56 Å². The molecule has 0 saturated carbocycles. The molecule has 0 spiro atoms. The number of hydrogen-bond acceptors (Lipinski definition) is 4. The second-order valence-corrected chi connectivity index (χ2v) is 12.2. The molecule has 0 aliphatic carbocycles. The molecular weight excluding hydrogens is 827 g/mol. The van der Waals surface area contributed by atoms with Gasteiger partial charge in [-0.25, -0.2) is 0 Å². The average molecular weight is 859 g/mol. The van der Waals surface area contributed by atoms with Crippen molar-refractivity contribution < 1.29 is 24.5 Å². The molecule has 0 fully saturated rings. The van der Waals surface area contributed by atoms with Gasteiger partial charge in [-0.3, -0.25) is 0 Å². The van der Waals surface area contributed by atoms with E-state index in [4.69, 9.17) is 4.42 Å². The molecule has 4 aromatic heterocycles. The number of rotatable bonds is 3. The molecule has 53 heavy (non-hydrogen) atoms. The molecule has 0 radical (unpaired) electrons. The van der Waals surface area contributed by atoms with Gasteiger partial charge in [-0.15, -0.1) is 89.5 Å². The summed E-state index contributed by atoms with van der Waals surface area (Å²) in [6.45, 7) is 2.10. The van der Waals surface area contributed by atoms with Gasteiger partial charge < -0.3 is 19.4 Å². The molecule has 4 heterocycles. The number of aryl methyl sites for hydroxylation is 1. The average Bonchev–Trinajstić information content (AvgIpc) is 3.61. The Morgan fingerprint density at radius 3 is 1.96 bits per heavy atom. The third-order valence-corrected chi connectivity index (χ3v) is 8.79. The molecule has 0 aliphatic rings. The minimum atomic E-state index is 0. The number of aromatic nitrogens is 3. The van der Waals surface area contributed by atoms with Gasteiger partial charge >= 0.3 is 20.1 Å². The normalized spacial score (nSPS) is 10.6. The zero-order valence-electron chi connectivity index (χ0n) is 28.8. The van der Waals surface area contributed by atoms with Gasteiger partial charge in [0, 0.05) is 24.0 Å². The fourth-order valence-corrected chi connectivity index (χ4v) is 6.34. The van der Waals surface area contributed by atoms with Gasteiger partial charge in [-0.1, -0.05) is 96.7 Å². The molecule has 254 valence electrons. The van der Waals surface area contributed by atoms with E-state index in [0.29, 0.717) is 0 Å². The standard InChI is InChI=1S/C20H14N.C17H10NO.C11H8N.Ir/c1-14-5-4-7-16(13-14)20-19-10-9-15-6-2-3-8-17(15)18(19)11-12-21-20;1-2-10-16-12(6-1)13-7-5-8-14(17(13)19-16)15-9-3-4-11-18-15;1-2-6-10(7-3-1)11-8-4-5-9-12-11;/h2-6,8-13H,1H3;1-7,9-11H;1-6,8-9H;/q3*-1;+3. The van der Waals surface area contributed by atoms with Crippen molar-refractivity contribution in [3.8, 4) is 33.8 Å². The van der Waals surface area contributed by atoms with Crippen LogP contribution >= 0.6 is 0 Å². The second kappa shape index (κ2) is 16.4. The van der Waals surface area contributed by atoms with Crippen LogP contribution in [0, 0.1) is 25.1 Å². The smallest absolute Gasteiger partial charge is 0.501 e. The maximum absolute atomic E-state index is 5.97. The van der Waals surface area contributed by atoms with Gasteiger partial charge in [-0.05, 0) is 62.9 Å². The molecule has 0 N–H and O–H groups in total. The first-order chi connectivity index (χ1) is 25.7. The van der Waals surface area contributed by atoms with Crippen molar-refractivity contribution in [1.82, 2.24) is 15.0 Å². The summed E-state index contributed by atoms with van der Waals surface area (Å²) in [5, 5.41) is 7.19. The van der Waals surface area contributed by atoms with E-state index in [1.165, 1.54) is 27.1 Å². The van der Waals surface area contributed by atoms with Gasteiger partial charge in [-0.2, -0.15) is 0 Å². The molecule has 0 unspecified atom stereocenters. The summed E-state index contributed by atoms with van der Waals surface area (Å²) in [6, 6.07) is 62.3. The summed E-state index contributed by atoms with van der Waals surface area (Å²) in [4.78, 5) is 13.2. The number of furan rings is 1. The Morgan fingerprint density at radius 1 is 0.472 bits per heavy atom. The number of para-hydroxylation sites is 1. The minimum Gasteiger partial charge on any atom is -0.501 e. The molecule has 0 amide bonds. The largest absolute Gasteiger partial charge is 3.00 e. The van der Waals surface area contributed by atoms with Crippen LogP contribution in [0.5, 0.6) is 0 Å². The van der Waals surface area contributed by atoms with E-state index < -0.39 is 0 Å². The van der Waals surface area contributed by atoms with Crippen LogP contribution in [0.25, 0.3) is 77.3 Å². The molecule has 0 saturated heterocycles. The molecular formula is C48H32IrN3O. The van der Waals surface area contributed by atoms with Crippen LogP contribution in [0.15, 0.2) is 181 Å². The Bertz CT molecular complexity index is 2710. The van der Waals surface area contributed by atoms with Crippen molar-refractivity contribution in [2.45, 2.75) is 6.92 Å². The summed E-state index contributed by atoms with van der Waals surface area (Å²) < 4.78 is 5.97. The summed E-state index contributed by atoms with van der Waals surface area (Å²) in [6.07, 6.45) is 5.46. The molecule has 4 nitrogen and oxygen atoms in total. The summed E-state index contributed by atoms with van der Waals surface area (Å²) in [7, 11) is 0. The number of pyridine rings is 3. The van der Waals surface area contributed by atoms with E-state index in [1.807, 2.05) is 103 Å². The second-order valence-electron chi connectivity index (χ2n) is 12.2. The first-order valence-corrected chi connectivity index (χ1v) is 17.1. The monoisotopic (exact) mass is 859 g/mol. The molecule has 0 bridgehead atoms. The Labute approximate surface area is 322 Å². The van der Waals surface area contributed by atoms with Crippen LogP contribution in [0.3, 0.4) is 0 Å². The van der Waals surface area contributed by atoms with E-state index in [9.17, 15) is 0 Å². The molecule has 10 aromatic rings. The van der Waals surface area contributed by atoms with E-state index in [2.05, 4.69) is 101 Å². The zero-order valence-corrected chi connectivity index (χ0v) is 31.2. The minimum absolute atomic E-state index is 0. The Balaban J connectivity index is 0.000000126. The van der Waals surface area contributed by atoms with E-state index in [-0.39, 0.29) is 20.1 Å². The van der Waals surface area contributed by atoms with Crippen molar-refractivity contribution in [3.05, 3.63) is 200 Å². The summed E-state index contributed by atoms with van der Waals surface area (Å²) in [5.74, 6) is 0. The predicted molar refractivity (Wildman–Crippen MR) is 213 cm³/mol. The van der Waals surface area contributed by atoms with Gasteiger partial charge in [0.15, 0.2) is 0 Å². The number of fused-ring (bicyclic) bond motifs is 6. The summed E-state index contributed by atoms with van der Waals surface area (Å²) >= 11 is 0. The Hall–Kier alpha value is -6.26. The van der Waals surface area contributed by atoms with E-state index in [0.717, 1.165) is 55.7 Å². The third-order valence-electron chi connectivity index (χ3n) is 8.79. The van der Waals surface area contributed by atoms with Crippen molar-refractivity contribution in [2.24, 2.45) is 0 Å².